The van der Waals surface area contributed by atoms with Gasteiger partial charge in [0.2, 0.25) is 0 Å². The minimum absolute atomic E-state index is 0. The fraction of sp³-hybridized carbons (Fsp3) is 0.611. The second kappa shape index (κ2) is 9.29. The van der Waals surface area contributed by atoms with Crippen LogP contribution in [0.25, 0.3) is 0 Å². The van der Waals surface area contributed by atoms with Crippen LogP contribution >= 0.6 is 35.7 Å². The molecular weight excluding hydrogens is 431 g/mol. The summed E-state index contributed by atoms with van der Waals surface area (Å²) in [6, 6.07) is 10.7. The Balaban J connectivity index is 0.00000288. The largest absolute Gasteiger partial charge is 0.355 e. The fourth-order valence-corrected chi connectivity index (χ4v) is 3.36. The van der Waals surface area contributed by atoms with Gasteiger partial charge in [0.05, 0.1) is 0 Å². The van der Waals surface area contributed by atoms with Crippen LogP contribution in [0.5, 0.6) is 0 Å². The summed E-state index contributed by atoms with van der Waals surface area (Å²) in [7, 11) is 6.04. The van der Waals surface area contributed by atoms with Crippen molar-refractivity contribution < 1.29 is 0 Å². The highest BCUT2D eigenvalue weighted by Gasteiger charge is 2.43. The molecule has 0 spiro atoms. The Morgan fingerprint density at radius 2 is 1.83 bits per heavy atom. The van der Waals surface area contributed by atoms with E-state index in [1.807, 2.05) is 18.8 Å². The van der Waals surface area contributed by atoms with Crippen LogP contribution in [0, 0.1) is 0 Å². The van der Waals surface area contributed by atoms with E-state index in [0.29, 0.717) is 4.75 Å². The second-order valence-corrected chi connectivity index (χ2v) is 8.63. The molecule has 0 saturated heterocycles. The summed E-state index contributed by atoms with van der Waals surface area (Å²) >= 11 is 1.98. The Hall–Kier alpha value is -0.470. The van der Waals surface area contributed by atoms with Gasteiger partial charge in [-0.05, 0) is 52.9 Å². The molecule has 1 aliphatic carbocycles. The van der Waals surface area contributed by atoms with E-state index in [2.05, 4.69) is 78.8 Å². The minimum Gasteiger partial charge on any atom is -0.355 e. The van der Waals surface area contributed by atoms with E-state index in [1.165, 1.54) is 17.7 Å². The van der Waals surface area contributed by atoms with Crippen LogP contribution in [-0.2, 0) is 0 Å². The number of hydrogen-bond donors (Lipinski definition) is 2. The third kappa shape index (κ3) is 6.44. The first kappa shape index (κ1) is 21.6. The van der Waals surface area contributed by atoms with Crippen molar-refractivity contribution in [3.63, 3.8) is 0 Å². The predicted molar refractivity (Wildman–Crippen MR) is 117 cm³/mol. The van der Waals surface area contributed by atoms with Crippen molar-refractivity contribution in [2.24, 2.45) is 4.99 Å². The summed E-state index contributed by atoms with van der Waals surface area (Å²) in [5, 5.41) is 6.95. The molecule has 4 nitrogen and oxygen atoms in total. The van der Waals surface area contributed by atoms with Gasteiger partial charge in [-0.25, -0.2) is 0 Å². The normalized spacial score (nSPS) is 16.5. The molecule has 24 heavy (non-hydrogen) atoms. The summed E-state index contributed by atoms with van der Waals surface area (Å²) in [5.74, 6) is 0.889. The lowest BCUT2D eigenvalue weighted by molar-refractivity contribution is 0.197. The standard InChI is InChI=1S/C18H30N4S.HI/c1-17(2,22(4)5)13-20-16(19-3)21-14-18(11-12-18)23-15-9-7-6-8-10-15;/h6-10H,11-14H2,1-5H3,(H2,19,20,21);1H. The van der Waals surface area contributed by atoms with Crippen molar-refractivity contribution in [3.8, 4) is 0 Å². The van der Waals surface area contributed by atoms with E-state index >= 15 is 0 Å². The van der Waals surface area contributed by atoms with Gasteiger partial charge in [-0.15, -0.1) is 35.7 Å². The topological polar surface area (TPSA) is 39.7 Å². The molecule has 0 unspecified atom stereocenters. The number of rotatable bonds is 7. The fourth-order valence-electron chi connectivity index (χ4n) is 2.12. The molecule has 136 valence electrons. The molecule has 6 heteroatoms. The van der Waals surface area contributed by atoms with E-state index < -0.39 is 0 Å². The highest BCUT2D eigenvalue weighted by atomic mass is 127. The average molecular weight is 462 g/mol. The van der Waals surface area contributed by atoms with Gasteiger partial charge in [0.15, 0.2) is 5.96 Å². The molecule has 0 heterocycles. The maximum atomic E-state index is 4.35. The molecule has 1 fully saturated rings. The monoisotopic (exact) mass is 462 g/mol. The molecule has 0 amide bonds. The third-order valence-corrected chi connectivity index (χ3v) is 6.08. The van der Waals surface area contributed by atoms with E-state index in [0.717, 1.165) is 19.0 Å². The van der Waals surface area contributed by atoms with E-state index in [9.17, 15) is 0 Å². The Morgan fingerprint density at radius 3 is 2.33 bits per heavy atom. The molecule has 1 saturated carbocycles. The quantitative estimate of drug-likeness (QED) is 0.370. The zero-order chi connectivity index (χ0) is 16.9. The second-order valence-electron chi connectivity index (χ2n) is 7.08. The van der Waals surface area contributed by atoms with E-state index in [1.54, 1.807) is 0 Å². The van der Waals surface area contributed by atoms with Crippen molar-refractivity contribution >= 4 is 41.7 Å². The molecule has 1 aromatic rings. The van der Waals surface area contributed by atoms with Gasteiger partial charge in [-0.2, -0.15) is 0 Å². The minimum atomic E-state index is 0. The van der Waals surface area contributed by atoms with Crippen molar-refractivity contribution in [2.45, 2.75) is 41.9 Å². The van der Waals surface area contributed by atoms with Crippen LogP contribution in [0.3, 0.4) is 0 Å². The first-order chi connectivity index (χ1) is 10.9. The molecular formula is C18H31IN4S. The molecule has 2 rings (SSSR count). The maximum Gasteiger partial charge on any atom is 0.191 e. The van der Waals surface area contributed by atoms with E-state index in [-0.39, 0.29) is 29.5 Å². The average Bonchev–Trinajstić information content (AvgIpc) is 3.28. The number of thioether (sulfide) groups is 1. The van der Waals surface area contributed by atoms with E-state index in [4.69, 9.17) is 0 Å². The lowest BCUT2D eigenvalue weighted by Gasteiger charge is -2.33. The zero-order valence-corrected chi connectivity index (χ0v) is 18.6. The molecule has 0 aliphatic heterocycles. The zero-order valence-electron chi connectivity index (χ0n) is 15.4. The number of benzene rings is 1. The molecule has 1 aromatic carbocycles. The van der Waals surface area contributed by atoms with Crippen LogP contribution < -0.4 is 10.6 Å². The van der Waals surface area contributed by atoms with Gasteiger partial charge in [0.25, 0.3) is 0 Å². The molecule has 0 atom stereocenters. The number of nitrogens with one attached hydrogen (secondary N) is 2. The first-order valence-corrected chi connectivity index (χ1v) is 9.05. The summed E-state index contributed by atoms with van der Waals surface area (Å²) < 4.78 is 0.329. The summed E-state index contributed by atoms with van der Waals surface area (Å²) in [4.78, 5) is 7.93. The van der Waals surface area contributed by atoms with Gasteiger partial charge >= 0.3 is 0 Å². The third-order valence-electron chi connectivity index (χ3n) is 4.59. The molecule has 0 radical (unpaired) electrons. The molecule has 2 N–H and O–H groups in total. The highest BCUT2D eigenvalue weighted by molar-refractivity contribution is 14.0. The smallest absolute Gasteiger partial charge is 0.191 e. The number of hydrogen-bond acceptors (Lipinski definition) is 3. The van der Waals surface area contributed by atoms with Crippen molar-refractivity contribution in [1.29, 1.82) is 0 Å². The number of aliphatic imine (C=N–C) groups is 1. The maximum absolute atomic E-state index is 4.35. The van der Waals surface area contributed by atoms with Gasteiger partial charge in [0.1, 0.15) is 0 Å². The SMILES string of the molecule is CN=C(NCC1(Sc2ccccc2)CC1)NCC(C)(C)N(C)C.I. The van der Waals surface area contributed by atoms with Crippen LogP contribution in [-0.4, -0.2) is 55.4 Å². The van der Waals surface area contributed by atoms with Gasteiger partial charge < -0.3 is 15.5 Å². The summed E-state index contributed by atoms with van der Waals surface area (Å²) in [6.07, 6.45) is 2.53. The van der Waals surface area contributed by atoms with Crippen LogP contribution in [0.1, 0.15) is 26.7 Å². The molecule has 0 aromatic heterocycles. The number of guanidine groups is 1. The van der Waals surface area contributed by atoms with Crippen LogP contribution in [0.15, 0.2) is 40.2 Å². The lowest BCUT2D eigenvalue weighted by Crippen LogP contribution is -2.51. The molecule has 0 bridgehead atoms. The van der Waals surface area contributed by atoms with Gasteiger partial charge in [-0.1, -0.05) is 18.2 Å². The molecule has 1 aliphatic rings. The van der Waals surface area contributed by atoms with Crippen molar-refractivity contribution in [3.05, 3.63) is 30.3 Å². The van der Waals surface area contributed by atoms with Gasteiger partial charge in [-0.3, -0.25) is 4.99 Å². The van der Waals surface area contributed by atoms with Crippen molar-refractivity contribution in [1.82, 2.24) is 15.5 Å². The summed E-state index contributed by atoms with van der Waals surface area (Å²) in [5.41, 5.74) is 0.0909. The Morgan fingerprint density at radius 1 is 1.21 bits per heavy atom. The number of nitrogens with zero attached hydrogens (tertiary/aromatic N) is 2. The number of likely N-dealkylation sites (N-methyl/N-ethyl adjacent to an activating group) is 1. The number of halogens is 1. The Bertz CT molecular complexity index is 527. The highest BCUT2D eigenvalue weighted by Crippen LogP contribution is 2.51. The van der Waals surface area contributed by atoms with Crippen LogP contribution in [0.4, 0.5) is 0 Å². The Kier molecular flexibility index (Phi) is 8.35. The first-order valence-electron chi connectivity index (χ1n) is 8.23. The summed E-state index contributed by atoms with van der Waals surface area (Å²) in [6.45, 7) is 6.26. The van der Waals surface area contributed by atoms with Crippen LogP contribution in [0.2, 0.25) is 0 Å². The van der Waals surface area contributed by atoms with Gasteiger partial charge in [0, 0.05) is 35.3 Å². The predicted octanol–water partition coefficient (Wildman–Crippen LogP) is 3.43. The Labute approximate surface area is 168 Å². The lowest BCUT2D eigenvalue weighted by atomic mass is 10.0. The van der Waals surface area contributed by atoms with Crippen molar-refractivity contribution in [2.75, 3.05) is 34.2 Å².